The van der Waals surface area contributed by atoms with Crippen LogP contribution in [0.3, 0.4) is 0 Å². The van der Waals surface area contributed by atoms with Crippen LogP contribution in [0.5, 0.6) is 0 Å². The van der Waals surface area contributed by atoms with Gasteiger partial charge in [-0.3, -0.25) is 4.79 Å². The maximum Gasteiger partial charge on any atom is 0.200 e. The molecule has 0 saturated carbocycles. The fourth-order valence-corrected chi connectivity index (χ4v) is 2.78. The van der Waals surface area contributed by atoms with Crippen molar-refractivity contribution in [2.45, 2.75) is 6.92 Å². The predicted molar refractivity (Wildman–Crippen MR) is 90.2 cm³/mol. The van der Waals surface area contributed by atoms with Crippen LogP contribution in [0.1, 0.15) is 5.56 Å². The average Bonchev–Trinajstić information content (AvgIpc) is 2.56. The molecule has 0 saturated heterocycles. The molecule has 0 fully saturated rings. The molecule has 1 heterocycles. The van der Waals surface area contributed by atoms with Crippen molar-refractivity contribution >= 4 is 21.9 Å². The monoisotopic (exact) mass is 286 g/mol. The molecule has 0 aliphatic heterocycles. The lowest BCUT2D eigenvalue weighted by Gasteiger charge is -2.05. The Morgan fingerprint density at radius 3 is 2.18 bits per heavy atom. The highest BCUT2D eigenvalue weighted by atomic mass is 16.3. The standard InChI is InChI=1S/C20H14O2/c1-13-7-9-18-16(11-13)20(21)17-12-15(8-10-19(17)22-18)14-5-3-2-4-6-14/h2-12H,1H3. The first-order valence-corrected chi connectivity index (χ1v) is 7.25. The molecule has 1 aromatic heterocycles. The van der Waals surface area contributed by atoms with Crippen LogP contribution in [0.25, 0.3) is 33.1 Å². The van der Waals surface area contributed by atoms with Crippen LogP contribution in [0.15, 0.2) is 75.9 Å². The van der Waals surface area contributed by atoms with Crippen molar-refractivity contribution in [3.8, 4) is 11.1 Å². The molecule has 2 heteroatoms. The first kappa shape index (κ1) is 12.8. The zero-order chi connectivity index (χ0) is 15.1. The van der Waals surface area contributed by atoms with Crippen LogP contribution in [0.2, 0.25) is 0 Å². The second-order valence-corrected chi connectivity index (χ2v) is 5.51. The molecule has 22 heavy (non-hydrogen) atoms. The summed E-state index contributed by atoms with van der Waals surface area (Å²) in [5.41, 5.74) is 4.45. The Kier molecular flexibility index (Phi) is 2.83. The van der Waals surface area contributed by atoms with E-state index in [-0.39, 0.29) is 5.43 Å². The summed E-state index contributed by atoms with van der Waals surface area (Å²) in [6, 6.07) is 21.5. The molecule has 0 bridgehead atoms. The molecule has 0 spiro atoms. The van der Waals surface area contributed by atoms with E-state index >= 15 is 0 Å². The van der Waals surface area contributed by atoms with Crippen molar-refractivity contribution in [3.63, 3.8) is 0 Å². The quantitative estimate of drug-likeness (QED) is 0.465. The van der Waals surface area contributed by atoms with Gasteiger partial charge in [0, 0.05) is 0 Å². The maximum absolute atomic E-state index is 12.8. The van der Waals surface area contributed by atoms with Crippen molar-refractivity contribution in [1.82, 2.24) is 0 Å². The molecule has 4 aromatic rings. The van der Waals surface area contributed by atoms with Gasteiger partial charge in [0.15, 0.2) is 0 Å². The van der Waals surface area contributed by atoms with Crippen LogP contribution in [0, 0.1) is 6.92 Å². The summed E-state index contributed by atoms with van der Waals surface area (Å²) in [7, 11) is 0. The van der Waals surface area contributed by atoms with Gasteiger partial charge in [-0.2, -0.15) is 0 Å². The summed E-state index contributed by atoms with van der Waals surface area (Å²) < 4.78 is 5.87. The van der Waals surface area contributed by atoms with Crippen molar-refractivity contribution in [2.75, 3.05) is 0 Å². The minimum atomic E-state index is 0.0257. The lowest BCUT2D eigenvalue weighted by molar-refractivity contribution is 0.660. The van der Waals surface area contributed by atoms with Gasteiger partial charge in [0.05, 0.1) is 10.8 Å². The number of aryl methyl sites for hydroxylation is 1. The minimum absolute atomic E-state index is 0.0257. The normalized spacial score (nSPS) is 11.1. The SMILES string of the molecule is Cc1ccc2oc3ccc(-c4ccccc4)cc3c(=O)c2c1. The van der Waals surface area contributed by atoms with Gasteiger partial charge in [0.25, 0.3) is 0 Å². The molecule has 0 atom stereocenters. The highest BCUT2D eigenvalue weighted by Gasteiger charge is 2.09. The molecular weight excluding hydrogens is 272 g/mol. The summed E-state index contributed by atoms with van der Waals surface area (Å²) in [5.74, 6) is 0. The highest BCUT2D eigenvalue weighted by molar-refractivity contribution is 5.92. The van der Waals surface area contributed by atoms with E-state index in [0.29, 0.717) is 21.9 Å². The average molecular weight is 286 g/mol. The Balaban J connectivity index is 2.05. The second kappa shape index (κ2) is 4.85. The van der Waals surface area contributed by atoms with Gasteiger partial charge in [0.2, 0.25) is 5.43 Å². The largest absolute Gasteiger partial charge is 0.456 e. The Labute approximate surface area is 127 Å². The highest BCUT2D eigenvalue weighted by Crippen LogP contribution is 2.25. The van der Waals surface area contributed by atoms with E-state index < -0.39 is 0 Å². The summed E-state index contributed by atoms with van der Waals surface area (Å²) in [4.78, 5) is 12.8. The van der Waals surface area contributed by atoms with Gasteiger partial charge in [0.1, 0.15) is 11.2 Å². The maximum atomic E-state index is 12.8. The van der Waals surface area contributed by atoms with Crippen LogP contribution >= 0.6 is 0 Å². The topological polar surface area (TPSA) is 30.2 Å². The third-order valence-electron chi connectivity index (χ3n) is 3.93. The molecule has 0 N–H and O–H groups in total. The third kappa shape index (κ3) is 2.01. The molecule has 0 unspecified atom stereocenters. The fraction of sp³-hybridized carbons (Fsp3) is 0.0500. The van der Waals surface area contributed by atoms with Gasteiger partial charge in [-0.15, -0.1) is 0 Å². The minimum Gasteiger partial charge on any atom is -0.456 e. The second-order valence-electron chi connectivity index (χ2n) is 5.51. The molecule has 0 radical (unpaired) electrons. The first-order chi connectivity index (χ1) is 10.7. The summed E-state index contributed by atoms with van der Waals surface area (Å²) in [6.07, 6.45) is 0. The fourth-order valence-electron chi connectivity index (χ4n) is 2.78. The molecule has 4 rings (SSSR count). The van der Waals surface area contributed by atoms with Crippen LogP contribution in [0.4, 0.5) is 0 Å². The third-order valence-corrected chi connectivity index (χ3v) is 3.93. The smallest absolute Gasteiger partial charge is 0.200 e. The van der Waals surface area contributed by atoms with Crippen molar-refractivity contribution < 1.29 is 4.42 Å². The number of benzene rings is 3. The summed E-state index contributed by atoms with van der Waals surface area (Å²) in [6.45, 7) is 1.98. The first-order valence-electron chi connectivity index (χ1n) is 7.25. The predicted octanol–water partition coefficient (Wildman–Crippen LogP) is 4.92. The lowest BCUT2D eigenvalue weighted by atomic mass is 10.0. The van der Waals surface area contributed by atoms with Gasteiger partial charge in [-0.1, -0.05) is 48.0 Å². The van der Waals surface area contributed by atoms with Crippen molar-refractivity contribution in [1.29, 1.82) is 0 Å². The number of hydrogen-bond acceptors (Lipinski definition) is 2. The van der Waals surface area contributed by atoms with Crippen LogP contribution in [-0.2, 0) is 0 Å². The molecule has 0 aliphatic carbocycles. The van der Waals surface area contributed by atoms with E-state index in [1.807, 2.05) is 73.7 Å². The van der Waals surface area contributed by atoms with Crippen LogP contribution < -0.4 is 5.43 Å². The van der Waals surface area contributed by atoms with Crippen molar-refractivity contribution in [3.05, 3.63) is 82.5 Å². The summed E-state index contributed by atoms with van der Waals surface area (Å²) in [5, 5.41) is 1.26. The summed E-state index contributed by atoms with van der Waals surface area (Å²) >= 11 is 0. The Hall–Kier alpha value is -2.87. The molecule has 0 amide bonds. The van der Waals surface area contributed by atoms with E-state index in [2.05, 4.69) is 0 Å². The van der Waals surface area contributed by atoms with E-state index in [1.165, 1.54) is 0 Å². The Morgan fingerprint density at radius 2 is 1.41 bits per heavy atom. The van der Waals surface area contributed by atoms with E-state index in [9.17, 15) is 4.79 Å². The molecule has 2 nitrogen and oxygen atoms in total. The molecule has 106 valence electrons. The van der Waals surface area contributed by atoms with E-state index in [4.69, 9.17) is 4.42 Å². The van der Waals surface area contributed by atoms with Gasteiger partial charge in [-0.25, -0.2) is 0 Å². The molecule has 3 aromatic carbocycles. The van der Waals surface area contributed by atoms with E-state index in [0.717, 1.165) is 16.7 Å². The zero-order valence-electron chi connectivity index (χ0n) is 12.2. The molecule has 0 aliphatic rings. The van der Waals surface area contributed by atoms with Crippen molar-refractivity contribution in [2.24, 2.45) is 0 Å². The van der Waals surface area contributed by atoms with Gasteiger partial charge < -0.3 is 4.42 Å². The lowest BCUT2D eigenvalue weighted by Crippen LogP contribution is -2.02. The zero-order valence-corrected chi connectivity index (χ0v) is 12.2. The number of hydrogen-bond donors (Lipinski definition) is 0. The number of rotatable bonds is 1. The van der Waals surface area contributed by atoms with Gasteiger partial charge >= 0.3 is 0 Å². The van der Waals surface area contributed by atoms with Crippen LogP contribution in [-0.4, -0.2) is 0 Å². The van der Waals surface area contributed by atoms with E-state index in [1.54, 1.807) is 0 Å². The Morgan fingerprint density at radius 1 is 0.727 bits per heavy atom. The number of fused-ring (bicyclic) bond motifs is 2. The van der Waals surface area contributed by atoms with Gasteiger partial charge in [-0.05, 0) is 42.3 Å². The Bertz CT molecular complexity index is 1040. The molecular formula is C20H14O2.